The topological polar surface area (TPSA) is 26.8 Å². The van der Waals surface area contributed by atoms with Gasteiger partial charge >= 0.3 is 0 Å². The zero-order chi connectivity index (χ0) is 17.1. The molecule has 4 nitrogen and oxygen atoms in total. The van der Waals surface area contributed by atoms with Crippen LogP contribution in [-0.4, -0.2) is 65.9 Å². The summed E-state index contributed by atoms with van der Waals surface area (Å²) in [5.41, 5.74) is 1.32. The molecular formula is C19H28ClN3O. The van der Waals surface area contributed by atoms with E-state index in [1.807, 2.05) is 17.0 Å². The van der Waals surface area contributed by atoms with Gasteiger partial charge in [-0.05, 0) is 30.0 Å². The highest BCUT2D eigenvalue weighted by molar-refractivity contribution is 6.30. The molecule has 2 aliphatic rings. The Labute approximate surface area is 150 Å². The fourth-order valence-corrected chi connectivity index (χ4v) is 4.21. The molecule has 0 aliphatic carbocycles. The Kier molecular flexibility index (Phi) is 5.80. The number of halogens is 1. The molecule has 0 bridgehead atoms. The van der Waals surface area contributed by atoms with Crippen LogP contribution >= 0.6 is 11.6 Å². The maximum Gasteiger partial charge on any atom is 0.219 e. The van der Waals surface area contributed by atoms with Crippen LogP contribution in [0.3, 0.4) is 0 Å². The molecule has 1 aromatic rings. The van der Waals surface area contributed by atoms with Crippen molar-refractivity contribution in [2.75, 3.05) is 39.3 Å². The van der Waals surface area contributed by atoms with Crippen molar-refractivity contribution >= 4 is 17.5 Å². The van der Waals surface area contributed by atoms with Crippen molar-refractivity contribution in [3.8, 4) is 0 Å². The van der Waals surface area contributed by atoms with E-state index >= 15 is 0 Å². The third-order valence-corrected chi connectivity index (χ3v) is 5.66. The minimum atomic E-state index is 0.209. The Hall–Kier alpha value is -1.10. The van der Waals surface area contributed by atoms with E-state index in [4.69, 9.17) is 11.6 Å². The summed E-state index contributed by atoms with van der Waals surface area (Å²) < 4.78 is 0. The lowest BCUT2D eigenvalue weighted by Crippen LogP contribution is -2.42. The number of likely N-dealkylation sites (tertiary alicyclic amines) is 1. The van der Waals surface area contributed by atoms with Crippen molar-refractivity contribution < 1.29 is 4.79 Å². The molecule has 0 radical (unpaired) electrons. The van der Waals surface area contributed by atoms with Crippen LogP contribution < -0.4 is 0 Å². The summed E-state index contributed by atoms with van der Waals surface area (Å²) in [7, 11) is 0. The zero-order valence-corrected chi connectivity index (χ0v) is 15.5. The van der Waals surface area contributed by atoms with E-state index in [0.717, 1.165) is 57.3 Å². The lowest BCUT2D eigenvalue weighted by atomic mass is 10.0. The molecule has 3 rings (SSSR count). The predicted molar refractivity (Wildman–Crippen MR) is 98.1 cm³/mol. The highest BCUT2D eigenvalue weighted by atomic mass is 35.5. The minimum absolute atomic E-state index is 0.209. The molecule has 2 heterocycles. The molecule has 2 atom stereocenters. The first-order chi connectivity index (χ1) is 11.5. The summed E-state index contributed by atoms with van der Waals surface area (Å²) in [5, 5.41) is 0.797. The number of hydrogen-bond donors (Lipinski definition) is 0. The van der Waals surface area contributed by atoms with Gasteiger partial charge in [0.15, 0.2) is 0 Å². The highest BCUT2D eigenvalue weighted by Gasteiger charge is 2.34. The smallest absolute Gasteiger partial charge is 0.219 e. The number of carbonyl (C=O) groups excluding carboxylic acids is 1. The van der Waals surface area contributed by atoms with E-state index in [1.54, 1.807) is 6.92 Å². The van der Waals surface area contributed by atoms with Crippen LogP contribution in [0, 0.1) is 5.92 Å². The van der Waals surface area contributed by atoms with E-state index in [1.165, 1.54) is 5.56 Å². The quantitative estimate of drug-likeness (QED) is 0.839. The van der Waals surface area contributed by atoms with Crippen LogP contribution in [0.4, 0.5) is 0 Å². The van der Waals surface area contributed by atoms with E-state index in [-0.39, 0.29) is 5.91 Å². The van der Waals surface area contributed by atoms with Crippen molar-refractivity contribution in [1.29, 1.82) is 0 Å². The first-order valence-corrected chi connectivity index (χ1v) is 9.37. The zero-order valence-electron chi connectivity index (χ0n) is 14.7. The monoisotopic (exact) mass is 349 g/mol. The Morgan fingerprint density at radius 2 is 1.88 bits per heavy atom. The SMILES string of the molecule is CC(=O)N1CCCN([C@@H]2CN(Cc3ccc(Cl)cc3)C[C@@H]2C)CC1. The van der Waals surface area contributed by atoms with Gasteiger partial charge in [0.25, 0.3) is 0 Å². The molecule has 1 amide bonds. The van der Waals surface area contributed by atoms with Crippen molar-refractivity contribution in [1.82, 2.24) is 14.7 Å². The third-order valence-electron chi connectivity index (χ3n) is 5.41. The standard InChI is InChI=1S/C19H28ClN3O/c1-15-12-21(13-17-4-6-18(20)7-5-17)14-19(15)23-9-3-8-22(10-11-23)16(2)24/h4-7,15,19H,3,8-14H2,1-2H3/t15-,19+/m0/s1. The van der Waals surface area contributed by atoms with Crippen molar-refractivity contribution in [2.45, 2.75) is 32.9 Å². The Morgan fingerprint density at radius 1 is 1.12 bits per heavy atom. The van der Waals surface area contributed by atoms with E-state index in [2.05, 4.69) is 28.9 Å². The van der Waals surface area contributed by atoms with Gasteiger partial charge in [-0.2, -0.15) is 0 Å². The predicted octanol–water partition coefficient (Wildman–Crippen LogP) is 2.71. The molecule has 5 heteroatoms. The van der Waals surface area contributed by atoms with Gasteiger partial charge < -0.3 is 4.90 Å². The summed E-state index contributed by atoms with van der Waals surface area (Å²) in [6.45, 7) is 11.2. The maximum absolute atomic E-state index is 11.6. The van der Waals surface area contributed by atoms with Gasteiger partial charge in [-0.15, -0.1) is 0 Å². The van der Waals surface area contributed by atoms with Gasteiger partial charge in [0.1, 0.15) is 0 Å². The van der Waals surface area contributed by atoms with Crippen LogP contribution in [0.1, 0.15) is 25.8 Å². The molecule has 0 saturated carbocycles. The molecular weight excluding hydrogens is 322 g/mol. The van der Waals surface area contributed by atoms with Gasteiger partial charge in [0.2, 0.25) is 5.91 Å². The van der Waals surface area contributed by atoms with E-state index < -0.39 is 0 Å². The lowest BCUT2D eigenvalue weighted by molar-refractivity contribution is -0.128. The number of benzene rings is 1. The maximum atomic E-state index is 11.6. The summed E-state index contributed by atoms with van der Waals surface area (Å²) in [6.07, 6.45) is 1.08. The molecule has 0 spiro atoms. The van der Waals surface area contributed by atoms with Crippen LogP contribution in [0.5, 0.6) is 0 Å². The van der Waals surface area contributed by atoms with Crippen LogP contribution in [0.25, 0.3) is 0 Å². The molecule has 2 saturated heterocycles. The summed E-state index contributed by atoms with van der Waals surface area (Å²) in [5.74, 6) is 0.877. The fraction of sp³-hybridized carbons (Fsp3) is 0.632. The second-order valence-electron chi connectivity index (χ2n) is 7.26. The number of hydrogen-bond acceptors (Lipinski definition) is 3. The Morgan fingerprint density at radius 3 is 2.58 bits per heavy atom. The van der Waals surface area contributed by atoms with Crippen LogP contribution in [0.2, 0.25) is 5.02 Å². The van der Waals surface area contributed by atoms with Crippen LogP contribution in [0.15, 0.2) is 24.3 Å². The molecule has 0 aromatic heterocycles. The number of nitrogens with zero attached hydrogens (tertiary/aromatic N) is 3. The molecule has 2 fully saturated rings. The van der Waals surface area contributed by atoms with Gasteiger partial charge in [-0.3, -0.25) is 14.6 Å². The van der Waals surface area contributed by atoms with E-state index in [0.29, 0.717) is 12.0 Å². The van der Waals surface area contributed by atoms with Crippen molar-refractivity contribution in [2.24, 2.45) is 5.92 Å². The van der Waals surface area contributed by atoms with Crippen LogP contribution in [-0.2, 0) is 11.3 Å². The van der Waals surface area contributed by atoms with Gasteiger partial charge in [-0.25, -0.2) is 0 Å². The third kappa shape index (κ3) is 4.29. The van der Waals surface area contributed by atoms with Gasteiger partial charge in [-0.1, -0.05) is 30.7 Å². The summed E-state index contributed by atoms with van der Waals surface area (Å²) in [4.78, 5) is 18.8. The molecule has 0 unspecified atom stereocenters. The number of amides is 1. The normalized spacial score (nSPS) is 26.5. The average molecular weight is 350 g/mol. The molecule has 2 aliphatic heterocycles. The fourth-order valence-electron chi connectivity index (χ4n) is 4.08. The Bertz CT molecular complexity index is 562. The van der Waals surface area contributed by atoms with Gasteiger partial charge in [0.05, 0.1) is 0 Å². The summed E-state index contributed by atoms with van der Waals surface area (Å²) in [6, 6.07) is 8.79. The minimum Gasteiger partial charge on any atom is -0.342 e. The first kappa shape index (κ1) is 17.7. The van der Waals surface area contributed by atoms with E-state index in [9.17, 15) is 4.79 Å². The number of rotatable bonds is 3. The van der Waals surface area contributed by atoms with Crippen molar-refractivity contribution in [3.63, 3.8) is 0 Å². The highest BCUT2D eigenvalue weighted by Crippen LogP contribution is 2.25. The molecule has 24 heavy (non-hydrogen) atoms. The number of carbonyl (C=O) groups is 1. The first-order valence-electron chi connectivity index (χ1n) is 8.99. The second kappa shape index (κ2) is 7.85. The lowest BCUT2D eigenvalue weighted by Gasteiger charge is -2.30. The largest absolute Gasteiger partial charge is 0.342 e. The summed E-state index contributed by atoms with van der Waals surface area (Å²) >= 11 is 5.98. The average Bonchev–Trinajstić information content (AvgIpc) is 2.76. The van der Waals surface area contributed by atoms with Crippen molar-refractivity contribution in [3.05, 3.63) is 34.9 Å². The Balaban J connectivity index is 1.57. The molecule has 0 N–H and O–H groups in total. The molecule has 1 aromatic carbocycles. The second-order valence-corrected chi connectivity index (χ2v) is 7.70. The van der Waals surface area contributed by atoms with Gasteiger partial charge in [0, 0.05) is 63.8 Å². The molecule has 132 valence electrons.